The lowest BCUT2D eigenvalue weighted by molar-refractivity contribution is 0.879. The molecule has 0 amide bonds. The van der Waals surface area contributed by atoms with Gasteiger partial charge in [0.15, 0.2) is 0 Å². The Labute approximate surface area is 126 Å². The van der Waals surface area contributed by atoms with E-state index in [1.54, 1.807) is 0 Å². The summed E-state index contributed by atoms with van der Waals surface area (Å²) >= 11 is 20.0. The monoisotopic (exact) mass is 319 g/mol. The van der Waals surface area contributed by atoms with E-state index in [1.165, 1.54) is 16.4 Å². The van der Waals surface area contributed by atoms with Crippen LogP contribution in [0.1, 0.15) is 30.2 Å². The van der Waals surface area contributed by atoms with Gasteiger partial charge in [-0.2, -0.15) is 4.37 Å². The molecule has 18 heavy (non-hydrogen) atoms. The molecule has 1 heterocycles. The maximum Gasteiger partial charge on any atom is 0.0917 e. The molecule has 0 aliphatic carbocycles. The molecule has 0 spiro atoms. The van der Waals surface area contributed by atoms with E-state index < -0.39 is 0 Å². The van der Waals surface area contributed by atoms with Gasteiger partial charge in [0, 0.05) is 16.0 Å². The number of aromatic nitrogens is 1. The van der Waals surface area contributed by atoms with Gasteiger partial charge in [0.1, 0.15) is 0 Å². The second kappa shape index (κ2) is 5.79. The zero-order valence-corrected chi connectivity index (χ0v) is 13.1. The number of benzene rings is 1. The van der Waals surface area contributed by atoms with Crippen LogP contribution in [0.3, 0.4) is 0 Å². The molecular weight excluding hydrogens is 309 g/mol. The fourth-order valence-corrected chi connectivity index (χ4v) is 3.63. The molecule has 1 nitrogen and oxygen atoms in total. The van der Waals surface area contributed by atoms with Crippen molar-refractivity contribution in [2.45, 2.75) is 25.6 Å². The van der Waals surface area contributed by atoms with Gasteiger partial charge in [-0.15, -0.1) is 11.6 Å². The highest BCUT2D eigenvalue weighted by Gasteiger charge is 2.20. The number of hydrogen-bond donors (Lipinski definition) is 0. The zero-order valence-electron chi connectivity index (χ0n) is 10.0. The van der Waals surface area contributed by atoms with E-state index in [4.69, 9.17) is 34.8 Å². The Kier molecular flexibility index (Phi) is 4.54. The van der Waals surface area contributed by atoms with Crippen LogP contribution in [-0.2, 0) is 5.88 Å². The molecule has 1 aromatic heterocycles. The first-order chi connectivity index (χ1) is 8.56. The summed E-state index contributed by atoms with van der Waals surface area (Å²) in [5.41, 5.74) is 2.63. The van der Waals surface area contributed by atoms with Crippen molar-refractivity contribution in [3.63, 3.8) is 0 Å². The molecule has 5 heteroatoms. The van der Waals surface area contributed by atoms with Gasteiger partial charge in [-0.25, -0.2) is 0 Å². The van der Waals surface area contributed by atoms with Crippen LogP contribution in [0.25, 0.3) is 11.3 Å². The van der Waals surface area contributed by atoms with Gasteiger partial charge in [0.2, 0.25) is 0 Å². The summed E-state index contributed by atoms with van der Waals surface area (Å²) < 4.78 is 4.49. The van der Waals surface area contributed by atoms with Crippen LogP contribution in [0, 0.1) is 0 Å². The van der Waals surface area contributed by atoms with Crippen molar-refractivity contribution in [1.82, 2.24) is 4.37 Å². The first-order valence-corrected chi connectivity index (χ1v) is 7.61. The van der Waals surface area contributed by atoms with Crippen LogP contribution < -0.4 is 0 Å². The molecule has 0 radical (unpaired) electrons. The Balaban J connectivity index is 2.65. The van der Waals surface area contributed by atoms with Gasteiger partial charge in [-0.05, 0) is 29.6 Å². The highest BCUT2D eigenvalue weighted by atomic mass is 35.5. The van der Waals surface area contributed by atoms with Crippen molar-refractivity contribution in [3.05, 3.63) is 38.7 Å². The summed E-state index contributed by atoms with van der Waals surface area (Å²) in [5, 5.41) is 1.21. The Hall–Kier alpha value is -0.280. The van der Waals surface area contributed by atoms with Crippen molar-refractivity contribution in [1.29, 1.82) is 0 Å². The smallest absolute Gasteiger partial charge is 0.0917 e. The molecule has 0 saturated heterocycles. The van der Waals surface area contributed by atoms with Crippen molar-refractivity contribution in [2.75, 3.05) is 0 Å². The minimum Gasteiger partial charge on any atom is -0.192 e. The highest BCUT2D eigenvalue weighted by molar-refractivity contribution is 7.06. The number of nitrogens with zero attached hydrogens (tertiary/aromatic N) is 1. The summed E-state index contributed by atoms with van der Waals surface area (Å²) in [4.78, 5) is 1.19. The zero-order chi connectivity index (χ0) is 13.3. The molecule has 0 aliphatic rings. The summed E-state index contributed by atoms with van der Waals surface area (Å²) in [6, 6.07) is 5.45. The highest BCUT2D eigenvalue weighted by Crippen LogP contribution is 2.40. The normalized spacial score (nSPS) is 11.2. The third-order valence-electron chi connectivity index (χ3n) is 2.68. The molecule has 1 aromatic carbocycles. The lowest BCUT2D eigenvalue weighted by Gasteiger charge is -2.08. The van der Waals surface area contributed by atoms with Crippen LogP contribution in [0.2, 0.25) is 10.0 Å². The molecule has 2 aromatic rings. The van der Waals surface area contributed by atoms with Crippen LogP contribution in [0.4, 0.5) is 0 Å². The number of rotatable bonds is 3. The quantitative estimate of drug-likeness (QED) is 0.634. The maximum absolute atomic E-state index is 6.22. The van der Waals surface area contributed by atoms with Crippen molar-refractivity contribution in [2.24, 2.45) is 0 Å². The first-order valence-electron chi connectivity index (χ1n) is 5.55. The topological polar surface area (TPSA) is 12.9 Å². The van der Waals surface area contributed by atoms with Crippen LogP contribution in [-0.4, -0.2) is 4.37 Å². The molecule has 0 aliphatic heterocycles. The molecule has 0 bridgehead atoms. The summed E-state index contributed by atoms with van der Waals surface area (Å²) in [6.07, 6.45) is 0. The van der Waals surface area contributed by atoms with Crippen LogP contribution >= 0.6 is 46.3 Å². The number of hydrogen-bond acceptors (Lipinski definition) is 2. The summed E-state index contributed by atoms with van der Waals surface area (Å²) in [5.74, 6) is 0.812. The maximum atomic E-state index is 6.22. The van der Waals surface area contributed by atoms with E-state index in [2.05, 4.69) is 18.2 Å². The Morgan fingerprint density at radius 1 is 1.22 bits per heavy atom. The number of halogens is 3. The standard InChI is InChI=1S/C13H12Cl3NS/c1-7(2)13-8(6-14)12(17-18-13)11-9(15)4-3-5-10(11)16/h3-5,7H,6H2,1-2H3. The van der Waals surface area contributed by atoms with Gasteiger partial charge < -0.3 is 0 Å². The van der Waals surface area contributed by atoms with E-state index >= 15 is 0 Å². The van der Waals surface area contributed by atoms with E-state index in [9.17, 15) is 0 Å². The van der Waals surface area contributed by atoms with Gasteiger partial charge in [-0.1, -0.05) is 43.1 Å². The third kappa shape index (κ3) is 2.53. The van der Waals surface area contributed by atoms with Gasteiger partial charge in [0.25, 0.3) is 0 Å². The van der Waals surface area contributed by atoms with Crippen LogP contribution in [0.5, 0.6) is 0 Å². The molecule has 0 saturated carbocycles. The molecule has 0 fully saturated rings. The summed E-state index contributed by atoms with van der Waals surface area (Å²) in [6.45, 7) is 4.25. The minimum atomic E-state index is 0.395. The fourth-order valence-electron chi connectivity index (χ4n) is 1.83. The molecule has 2 rings (SSSR count). The molecule has 96 valence electrons. The van der Waals surface area contributed by atoms with Crippen molar-refractivity contribution in [3.8, 4) is 11.3 Å². The second-order valence-corrected chi connectivity index (χ2v) is 6.15. The van der Waals surface area contributed by atoms with E-state index in [0.717, 1.165) is 16.8 Å². The first kappa shape index (κ1) is 14.1. The van der Waals surface area contributed by atoms with Crippen molar-refractivity contribution < 1.29 is 0 Å². The predicted molar refractivity (Wildman–Crippen MR) is 81.2 cm³/mol. The fraction of sp³-hybridized carbons (Fsp3) is 0.308. The van der Waals surface area contributed by atoms with Gasteiger partial charge >= 0.3 is 0 Å². The second-order valence-electron chi connectivity index (χ2n) is 4.26. The lowest BCUT2D eigenvalue weighted by atomic mass is 10.0. The molecule has 0 atom stereocenters. The molecular formula is C13H12Cl3NS. The average Bonchev–Trinajstić information content (AvgIpc) is 2.72. The molecule has 0 unspecified atom stereocenters. The van der Waals surface area contributed by atoms with Crippen LogP contribution in [0.15, 0.2) is 18.2 Å². The average molecular weight is 321 g/mol. The number of alkyl halides is 1. The largest absolute Gasteiger partial charge is 0.192 e. The van der Waals surface area contributed by atoms with E-state index in [-0.39, 0.29) is 0 Å². The van der Waals surface area contributed by atoms with Gasteiger partial charge in [-0.3, -0.25) is 0 Å². The Morgan fingerprint density at radius 3 is 2.33 bits per heavy atom. The van der Waals surface area contributed by atoms with Gasteiger partial charge in [0.05, 0.1) is 21.6 Å². The predicted octanol–water partition coefficient (Wildman–Crippen LogP) is 5.98. The lowest BCUT2D eigenvalue weighted by Crippen LogP contribution is -1.91. The third-order valence-corrected chi connectivity index (χ3v) is 4.76. The molecule has 0 N–H and O–H groups in total. The van der Waals surface area contributed by atoms with Crippen molar-refractivity contribution >= 4 is 46.3 Å². The SMILES string of the molecule is CC(C)c1snc(-c2c(Cl)cccc2Cl)c1CCl. The Bertz CT molecular complexity index is 543. The van der Waals surface area contributed by atoms with E-state index in [1.807, 2.05) is 18.2 Å². The van der Waals surface area contributed by atoms with E-state index in [0.29, 0.717) is 21.8 Å². The summed E-state index contributed by atoms with van der Waals surface area (Å²) in [7, 11) is 0. The minimum absolute atomic E-state index is 0.395. The Morgan fingerprint density at radius 2 is 1.83 bits per heavy atom.